The van der Waals surface area contributed by atoms with E-state index < -0.39 is 0 Å². The third-order valence-electron chi connectivity index (χ3n) is 5.50. The molecule has 0 spiro atoms. The molecule has 0 radical (unpaired) electrons. The van der Waals surface area contributed by atoms with Crippen LogP contribution in [0.25, 0.3) is 0 Å². The van der Waals surface area contributed by atoms with Crippen LogP contribution in [0.2, 0.25) is 0 Å². The lowest BCUT2D eigenvalue weighted by Gasteiger charge is -2.38. The molecule has 2 heterocycles. The number of nitrogens with zero attached hydrogens (tertiary/aromatic N) is 2. The first-order chi connectivity index (χ1) is 14.3. The lowest BCUT2D eigenvalue weighted by molar-refractivity contribution is -0.0191. The number of hydrazone groups is 1. The lowest BCUT2D eigenvalue weighted by Crippen LogP contribution is -2.33. The van der Waals surface area contributed by atoms with Crippen molar-refractivity contribution < 1.29 is 14.2 Å². The third-order valence-corrected chi connectivity index (χ3v) is 5.50. The van der Waals surface area contributed by atoms with Gasteiger partial charge in [-0.05, 0) is 48.0 Å². The van der Waals surface area contributed by atoms with Gasteiger partial charge in [0.05, 0.1) is 26.0 Å². The van der Waals surface area contributed by atoms with E-state index in [9.17, 15) is 0 Å². The maximum Gasteiger partial charge on any atom is 0.213 e. The topological polar surface area (TPSA) is 43.3 Å². The van der Waals surface area contributed by atoms with Crippen LogP contribution in [0, 0.1) is 0 Å². The molecule has 2 aliphatic rings. The molecule has 146 valence electrons. The fraction of sp³-hybridized carbons (Fsp3) is 0.208. The Morgan fingerprint density at radius 2 is 1.62 bits per heavy atom. The van der Waals surface area contributed by atoms with Gasteiger partial charge in [0, 0.05) is 17.5 Å². The van der Waals surface area contributed by atoms with Crippen LogP contribution in [-0.4, -0.2) is 24.9 Å². The van der Waals surface area contributed by atoms with Crippen molar-refractivity contribution in [2.75, 3.05) is 14.2 Å². The van der Waals surface area contributed by atoms with Crippen LogP contribution in [0.1, 0.15) is 35.4 Å². The van der Waals surface area contributed by atoms with Gasteiger partial charge in [0.1, 0.15) is 17.2 Å². The summed E-state index contributed by atoms with van der Waals surface area (Å²) in [7, 11) is 3.35. The van der Waals surface area contributed by atoms with Gasteiger partial charge in [0.25, 0.3) is 0 Å². The van der Waals surface area contributed by atoms with Crippen molar-refractivity contribution in [3.8, 4) is 17.2 Å². The van der Waals surface area contributed by atoms with E-state index in [2.05, 4.69) is 23.2 Å². The summed E-state index contributed by atoms with van der Waals surface area (Å²) in [6.45, 7) is 0. The van der Waals surface area contributed by atoms with E-state index in [1.54, 1.807) is 14.2 Å². The summed E-state index contributed by atoms with van der Waals surface area (Å²) in [6.07, 6.45) is 0.522. The van der Waals surface area contributed by atoms with Crippen molar-refractivity contribution in [3.63, 3.8) is 0 Å². The number of methoxy groups -OCH3 is 2. The highest BCUT2D eigenvalue weighted by molar-refractivity contribution is 6.01. The van der Waals surface area contributed by atoms with Gasteiger partial charge in [-0.2, -0.15) is 5.10 Å². The van der Waals surface area contributed by atoms with Crippen molar-refractivity contribution in [2.45, 2.75) is 18.7 Å². The van der Waals surface area contributed by atoms with Crippen LogP contribution in [0.4, 0.5) is 0 Å². The van der Waals surface area contributed by atoms with E-state index in [1.807, 2.05) is 54.6 Å². The van der Waals surface area contributed by atoms with E-state index in [0.717, 1.165) is 46.1 Å². The monoisotopic (exact) mass is 386 g/mol. The first-order valence-corrected chi connectivity index (χ1v) is 9.66. The zero-order chi connectivity index (χ0) is 19.8. The molecule has 5 nitrogen and oxygen atoms in total. The maximum absolute atomic E-state index is 6.41. The Labute approximate surface area is 170 Å². The number of benzene rings is 3. The molecule has 0 fully saturated rings. The standard InChI is InChI=1S/C24H22N2O3/c1-27-18-10-8-17(9-11-18)24-26-22(15-21(25-26)16-6-4-3-5-7-16)20-14-19(28-2)12-13-23(20)29-24/h3-14,22,24H,15H2,1-2H3/t22-,24-/m1/s1. The average Bonchev–Trinajstić information content (AvgIpc) is 3.25. The molecule has 3 aromatic carbocycles. The second-order valence-electron chi connectivity index (χ2n) is 7.16. The van der Waals surface area contributed by atoms with Crippen LogP contribution >= 0.6 is 0 Å². The fourth-order valence-corrected chi connectivity index (χ4v) is 3.99. The summed E-state index contributed by atoms with van der Waals surface area (Å²) in [4.78, 5) is 0. The minimum absolute atomic E-state index is 0.0937. The van der Waals surface area contributed by atoms with Gasteiger partial charge < -0.3 is 14.2 Å². The summed E-state index contributed by atoms with van der Waals surface area (Å²) < 4.78 is 17.2. The minimum atomic E-state index is -0.298. The van der Waals surface area contributed by atoms with Crippen molar-refractivity contribution in [1.82, 2.24) is 5.01 Å². The predicted molar refractivity (Wildman–Crippen MR) is 112 cm³/mol. The Morgan fingerprint density at radius 1 is 0.897 bits per heavy atom. The molecule has 0 aromatic heterocycles. The van der Waals surface area contributed by atoms with E-state index in [1.165, 1.54) is 0 Å². The van der Waals surface area contributed by atoms with Gasteiger partial charge in [-0.25, -0.2) is 5.01 Å². The summed E-state index contributed by atoms with van der Waals surface area (Å²) in [6, 6.07) is 24.4. The van der Waals surface area contributed by atoms with Gasteiger partial charge in [-0.3, -0.25) is 0 Å². The van der Waals surface area contributed by atoms with E-state index >= 15 is 0 Å². The van der Waals surface area contributed by atoms with E-state index in [-0.39, 0.29) is 12.3 Å². The van der Waals surface area contributed by atoms with Crippen LogP contribution < -0.4 is 14.2 Å². The normalized spacial score (nSPS) is 19.7. The first-order valence-electron chi connectivity index (χ1n) is 9.66. The van der Waals surface area contributed by atoms with Crippen LogP contribution in [-0.2, 0) is 0 Å². The number of ether oxygens (including phenoxy) is 3. The van der Waals surface area contributed by atoms with Gasteiger partial charge in [-0.15, -0.1) is 0 Å². The van der Waals surface area contributed by atoms with E-state index in [4.69, 9.17) is 19.3 Å². The lowest BCUT2D eigenvalue weighted by atomic mass is 9.95. The molecule has 5 heteroatoms. The molecule has 5 rings (SSSR count). The quantitative estimate of drug-likeness (QED) is 0.637. The summed E-state index contributed by atoms with van der Waals surface area (Å²) in [5.74, 6) is 2.52. The highest BCUT2D eigenvalue weighted by atomic mass is 16.5. The highest BCUT2D eigenvalue weighted by Gasteiger charge is 2.41. The van der Waals surface area contributed by atoms with Crippen LogP contribution in [0.5, 0.6) is 17.2 Å². The minimum Gasteiger partial charge on any atom is -0.497 e. The van der Waals surface area contributed by atoms with Crippen molar-refractivity contribution in [1.29, 1.82) is 0 Å². The second-order valence-corrected chi connectivity index (χ2v) is 7.16. The molecule has 0 saturated carbocycles. The fourth-order valence-electron chi connectivity index (χ4n) is 3.99. The van der Waals surface area contributed by atoms with Crippen LogP contribution in [0.3, 0.4) is 0 Å². The average molecular weight is 386 g/mol. The Hall–Kier alpha value is -3.47. The Morgan fingerprint density at radius 3 is 2.34 bits per heavy atom. The molecular formula is C24H22N2O3. The smallest absolute Gasteiger partial charge is 0.213 e. The zero-order valence-corrected chi connectivity index (χ0v) is 16.4. The van der Waals surface area contributed by atoms with Crippen molar-refractivity contribution >= 4 is 5.71 Å². The van der Waals surface area contributed by atoms with Crippen molar-refractivity contribution in [3.05, 3.63) is 89.5 Å². The molecule has 0 N–H and O–H groups in total. The van der Waals surface area contributed by atoms with Gasteiger partial charge in [-0.1, -0.05) is 30.3 Å². The zero-order valence-electron chi connectivity index (χ0n) is 16.4. The Bertz CT molecular complexity index is 1050. The van der Waals surface area contributed by atoms with Crippen molar-refractivity contribution in [2.24, 2.45) is 5.10 Å². The molecule has 0 aliphatic carbocycles. The summed E-state index contributed by atoms with van der Waals surface area (Å²) in [5, 5.41) is 7.06. The molecule has 2 aliphatic heterocycles. The Balaban J connectivity index is 1.58. The Kier molecular flexibility index (Phi) is 4.35. The number of hydrogen-bond acceptors (Lipinski definition) is 5. The number of rotatable bonds is 4. The predicted octanol–water partition coefficient (Wildman–Crippen LogP) is 4.95. The van der Waals surface area contributed by atoms with E-state index in [0.29, 0.717) is 0 Å². The molecule has 29 heavy (non-hydrogen) atoms. The number of fused-ring (bicyclic) bond motifs is 3. The van der Waals surface area contributed by atoms with Crippen LogP contribution in [0.15, 0.2) is 77.9 Å². The largest absolute Gasteiger partial charge is 0.497 e. The second kappa shape index (κ2) is 7.17. The van der Waals surface area contributed by atoms with Gasteiger partial charge >= 0.3 is 0 Å². The molecule has 0 amide bonds. The molecule has 0 bridgehead atoms. The molecule has 0 unspecified atom stereocenters. The number of hydrogen-bond donors (Lipinski definition) is 0. The first kappa shape index (κ1) is 17.6. The molecule has 3 aromatic rings. The molecular weight excluding hydrogens is 364 g/mol. The third kappa shape index (κ3) is 3.09. The molecule has 2 atom stereocenters. The summed E-state index contributed by atoms with van der Waals surface area (Å²) >= 11 is 0. The molecule has 0 saturated heterocycles. The SMILES string of the molecule is COc1ccc([C@H]2Oc3ccc(OC)cc3[C@H]3CC(c4ccccc4)=NN32)cc1. The maximum atomic E-state index is 6.41. The van der Waals surface area contributed by atoms with Gasteiger partial charge in [0.2, 0.25) is 6.23 Å². The highest BCUT2D eigenvalue weighted by Crippen LogP contribution is 2.48. The summed E-state index contributed by atoms with van der Waals surface area (Å²) in [5.41, 5.74) is 4.34. The van der Waals surface area contributed by atoms with Gasteiger partial charge in [0.15, 0.2) is 0 Å².